The summed E-state index contributed by atoms with van der Waals surface area (Å²) in [6, 6.07) is 14.3. The number of aryl methyl sites for hydroxylation is 1. The fourth-order valence-corrected chi connectivity index (χ4v) is 10.1. The van der Waals surface area contributed by atoms with E-state index in [0.29, 0.717) is 28.1 Å². The maximum absolute atomic E-state index is 16.3. The van der Waals surface area contributed by atoms with Crippen LogP contribution in [0.4, 0.5) is 14.6 Å². The van der Waals surface area contributed by atoms with Crippen LogP contribution in [0.25, 0.3) is 11.2 Å². The van der Waals surface area contributed by atoms with Gasteiger partial charge < -0.3 is 29.7 Å². The van der Waals surface area contributed by atoms with Crippen molar-refractivity contribution in [2.75, 3.05) is 25.6 Å². The van der Waals surface area contributed by atoms with Gasteiger partial charge in [0.2, 0.25) is 0 Å². The fourth-order valence-electron chi connectivity index (χ4n) is 6.32. The smallest absolute Gasteiger partial charge is 0.387 e. The Hall–Kier alpha value is -4.47. The van der Waals surface area contributed by atoms with E-state index in [-0.39, 0.29) is 28.5 Å². The minimum absolute atomic E-state index is 0.0172. The number of nitrogens with zero attached hydrogens (tertiary/aromatic N) is 5. The first-order valence-electron chi connectivity index (χ1n) is 17.7. The Bertz CT molecular complexity index is 2540. The predicted molar refractivity (Wildman–Crippen MR) is 207 cm³/mol. The van der Waals surface area contributed by atoms with Gasteiger partial charge in [0.25, 0.3) is 5.56 Å². The zero-order valence-corrected chi connectivity index (χ0v) is 33.6. The lowest BCUT2D eigenvalue weighted by atomic mass is 10.0. The zero-order chi connectivity index (χ0) is 42.2. The minimum atomic E-state index is -4.71. The van der Waals surface area contributed by atoms with Gasteiger partial charge in [-0.25, -0.2) is 33.1 Å². The van der Waals surface area contributed by atoms with Gasteiger partial charge in [-0.1, -0.05) is 54.1 Å². The second-order valence-electron chi connectivity index (χ2n) is 13.7. The highest BCUT2D eigenvalue weighted by Crippen LogP contribution is 2.64. The average molecular weight is 880 g/mol. The minimum Gasteiger partial charge on any atom is -0.387 e. The van der Waals surface area contributed by atoms with E-state index in [0.717, 1.165) is 35.4 Å². The molecule has 2 unspecified atom stereocenters. The maximum atomic E-state index is 16.3. The number of ketones is 1. The number of aliphatic hydroxyl groups excluding tert-OH is 1. The van der Waals surface area contributed by atoms with Crippen LogP contribution in [-0.4, -0.2) is 101 Å². The van der Waals surface area contributed by atoms with Crippen molar-refractivity contribution in [1.29, 1.82) is 0 Å². The van der Waals surface area contributed by atoms with E-state index in [1.165, 1.54) is 10.9 Å². The van der Waals surface area contributed by atoms with E-state index >= 15 is 8.78 Å². The summed E-state index contributed by atoms with van der Waals surface area (Å²) in [5, 5.41) is 10.9. The van der Waals surface area contributed by atoms with E-state index in [2.05, 4.69) is 15.0 Å². The van der Waals surface area contributed by atoms with Crippen molar-refractivity contribution in [2.45, 2.75) is 61.9 Å². The number of carbonyl (C=O) groups excluding carboxylic acids is 1. The van der Waals surface area contributed by atoms with Crippen LogP contribution in [-0.2, 0) is 37.9 Å². The van der Waals surface area contributed by atoms with Crippen molar-refractivity contribution in [3.8, 4) is 0 Å². The summed E-state index contributed by atoms with van der Waals surface area (Å²) in [5.41, 5.74) is 6.60. The Kier molecular flexibility index (Phi) is 12.5. The van der Waals surface area contributed by atoms with Gasteiger partial charge >= 0.3 is 20.1 Å². The molecule has 314 valence electrons. The maximum Gasteiger partial charge on any atom is 0.390 e. The molecule has 2 fully saturated rings. The topological polar surface area (TPSA) is 262 Å². The number of aliphatic hydroxyl groups is 1. The third-order valence-corrected chi connectivity index (χ3v) is 13.7. The van der Waals surface area contributed by atoms with Crippen molar-refractivity contribution in [3.05, 3.63) is 117 Å². The average Bonchev–Trinajstić information content (AvgIpc) is 3.85. The lowest BCUT2D eigenvalue weighted by Crippen LogP contribution is -2.37. The van der Waals surface area contributed by atoms with Crippen LogP contribution in [0, 0.1) is 6.92 Å². The van der Waals surface area contributed by atoms with Crippen molar-refractivity contribution < 1.29 is 55.8 Å². The highest BCUT2D eigenvalue weighted by molar-refractivity contribution is 8.54. The number of hydrogen-bond acceptors (Lipinski definition) is 16. The number of ether oxygens (including phenoxy) is 2. The number of imidazole rings is 1. The number of anilines is 1. The molecule has 19 nitrogen and oxygen atoms in total. The molecule has 7 rings (SSSR count). The van der Waals surface area contributed by atoms with Crippen LogP contribution in [0.1, 0.15) is 39.5 Å². The normalized spacial score (nSPS) is 26.5. The van der Waals surface area contributed by atoms with E-state index < -0.39 is 88.1 Å². The first-order chi connectivity index (χ1) is 28.0. The summed E-state index contributed by atoms with van der Waals surface area (Å²) in [6.45, 7) is -3.53. The second-order valence-corrected chi connectivity index (χ2v) is 19.6. The molecule has 59 heavy (non-hydrogen) atoms. The van der Waals surface area contributed by atoms with Gasteiger partial charge in [-0.3, -0.25) is 37.3 Å². The SMILES string of the molecule is Cc1ccc(C(=O)c2ccc(CSP(=O)(OC[C@H]3O[C@@H](n4cnc5c(N)ncnc54)[C@H](F)[C@@H]3O)O[C@@H]3[C@H](F)[C@@H](COP(C)(=O)O)O[C@H]3n3ccc(=O)[nH]c3=O)cc2)cc1. The highest BCUT2D eigenvalue weighted by atomic mass is 32.7. The Morgan fingerprint density at radius 3 is 2.27 bits per heavy atom. The van der Waals surface area contributed by atoms with Crippen LogP contribution in [0.2, 0.25) is 0 Å². The van der Waals surface area contributed by atoms with E-state index in [1.54, 1.807) is 36.4 Å². The van der Waals surface area contributed by atoms with Crippen LogP contribution < -0.4 is 17.0 Å². The molecule has 0 aliphatic carbocycles. The number of benzene rings is 2. The molecule has 2 aliphatic heterocycles. The number of nitrogens with two attached hydrogens (primary N) is 1. The molecular formula is C35H37F2N7O12P2S. The number of alkyl halides is 2. The summed E-state index contributed by atoms with van der Waals surface area (Å²) < 4.78 is 88.7. The first kappa shape index (κ1) is 42.6. The van der Waals surface area contributed by atoms with Crippen molar-refractivity contribution in [3.63, 3.8) is 0 Å². The second kappa shape index (κ2) is 17.3. The Balaban J connectivity index is 1.15. The van der Waals surface area contributed by atoms with E-state index in [9.17, 15) is 33.5 Å². The van der Waals surface area contributed by atoms with Crippen molar-refractivity contribution in [2.24, 2.45) is 0 Å². The molecule has 0 spiro atoms. The predicted octanol–water partition coefficient (Wildman–Crippen LogP) is 3.61. The molecule has 2 aliphatic rings. The van der Waals surface area contributed by atoms with Crippen LogP contribution in [0.15, 0.2) is 83.0 Å². The Morgan fingerprint density at radius 2 is 1.59 bits per heavy atom. The van der Waals surface area contributed by atoms with Crippen LogP contribution in [0.5, 0.6) is 0 Å². The third-order valence-electron chi connectivity index (χ3n) is 9.39. The number of rotatable bonds is 15. The fraction of sp³-hybridized carbons (Fsp3) is 0.371. The van der Waals surface area contributed by atoms with Gasteiger partial charge in [-0.15, -0.1) is 0 Å². The Labute approximate surface area is 336 Å². The molecule has 5 aromatic rings. The number of nitrogens with one attached hydrogen (secondary N) is 1. The molecule has 5 heterocycles. The quantitative estimate of drug-likeness (QED) is 0.0865. The molecule has 2 saturated heterocycles. The lowest BCUT2D eigenvalue weighted by molar-refractivity contribution is -0.0544. The molecule has 0 bridgehead atoms. The molecule has 0 amide bonds. The molecular weight excluding hydrogens is 842 g/mol. The summed E-state index contributed by atoms with van der Waals surface area (Å²) in [4.78, 5) is 61.5. The highest BCUT2D eigenvalue weighted by Gasteiger charge is 2.52. The number of aromatic amines is 1. The van der Waals surface area contributed by atoms with Gasteiger partial charge in [-0.05, 0) is 23.9 Å². The summed E-state index contributed by atoms with van der Waals surface area (Å²) in [6.07, 6.45) is -11.2. The summed E-state index contributed by atoms with van der Waals surface area (Å²) >= 11 is 0.554. The molecule has 0 radical (unpaired) electrons. The van der Waals surface area contributed by atoms with E-state index in [1.807, 2.05) is 24.0 Å². The molecule has 2 aromatic carbocycles. The number of H-pyrrole nitrogens is 1. The van der Waals surface area contributed by atoms with Crippen LogP contribution in [0.3, 0.4) is 0 Å². The molecule has 0 saturated carbocycles. The monoisotopic (exact) mass is 879 g/mol. The van der Waals surface area contributed by atoms with Crippen molar-refractivity contribution >= 4 is 48.5 Å². The number of halogens is 2. The number of hydrogen-bond donors (Lipinski definition) is 4. The number of fused-ring (bicyclic) bond motifs is 1. The van der Waals surface area contributed by atoms with Crippen LogP contribution >= 0.6 is 25.8 Å². The van der Waals surface area contributed by atoms with Gasteiger partial charge in [0.05, 0.1) is 19.5 Å². The van der Waals surface area contributed by atoms with Gasteiger partial charge in [0.15, 0.2) is 42.0 Å². The summed E-state index contributed by atoms with van der Waals surface area (Å²) in [5.74, 6) is -0.354. The number of aromatic nitrogens is 6. The molecule has 10 atom stereocenters. The molecule has 3 aromatic heterocycles. The third kappa shape index (κ3) is 9.47. The lowest BCUT2D eigenvalue weighted by Gasteiger charge is -2.27. The van der Waals surface area contributed by atoms with Gasteiger partial charge in [0, 0.05) is 35.8 Å². The zero-order valence-electron chi connectivity index (χ0n) is 31.0. The first-order valence-corrected chi connectivity index (χ1v) is 22.9. The standard InChI is InChI=1S/C35H37F2N7O12P2S/c1-18-3-7-20(8-4-18)28(46)21-9-5-19(6-10-21)15-59-58(51,53-14-23-29(47)26(37)33(55-23)44-17-41-27-31(38)39-16-40-32(27)44)56-30-25(36)22(13-52-57(2,49)50)54-34(30)43-12-11-24(45)42-35(43)48/h3-12,16-17,22-23,25-26,29-30,33-34,47H,13-15H2,1-2H3,(H,49,50)(H2,38,39,40)(H,42,45,48)/t22-,23-,25-,26-,29-,30-,33-,34-,58?/m1/s1. The largest absolute Gasteiger partial charge is 0.390 e. The van der Waals surface area contributed by atoms with Crippen molar-refractivity contribution in [1.82, 2.24) is 29.1 Å². The summed E-state index contributed by atoms with van der Waals surface area (Å²) in [7, 11) is -4.16. The number of nitrogen functional groups attached to an aromatic ring is 1. The van der Waals surface area contributed by atoms with Gasteiger partial charge in [0.1, 0.15) is 36.3 Å². The molecule has 5 N–H and O–H groups in total. The van der Waals surface area contributed by atoms with E-state index in [4.69, 9.17) is 28.8 Å². The molecule has 24 heteroatoms. The number of carbonyl (C=O) groups is 1. The van der Waals surface area contributed by atoms with Gasteiger partial charge in [-0.2, -0.15) is 0 Å². The Morgan fingerprint density at radius 1 is 0.932 bits per heavy atom.